The number of benzene rings is 1. The molecule has 1 aliphatic rings. The number of ether oxygens (including phenoxy) is 1. The second kappa shape index (κ2) is 6.45. The lowest BCUT2D eigenvalue weighted by atomic mass is 9.82. The van der Waals surface area contributed by atoms with Crippen LogP contribution in [0.15, 0.2) is 18.2 Å². The highest BCUT2D eigenvalue weighted by atomic mass is 35.5. The first kappa shape index (κ1) is 15.8. The molecule has 0 aliphatic carbocycles. The van der Waals surface area contributed by atoms with Gasteiger partial charge in [-0.2, -0.15) is 0 Å². The van der Waals surface area contributed by atoms with Crippen molar-refractivity contribution < 1.29 is 14.3 Å². The van der Waals surface area contributed by atoms with Crippen molar-refractivity contribution >= 4 is 29.2 Å². The van der Waals surface area contributed by atoms with Crippen molar-refractivity contribution in [3.05, 3.63) is 28.8 Å². The third-order valence-electron chi connectivity index (χ3n) is 3.78. The van der Waals surface area contributed by atoms with Crippen LogP contribution < -0.4 is 10.6 Å². The second-order valence-corrected chi connectivity index (χ2v) is 5.91. The zero-order valence-electron chi connectivity index (χ0n) is 12.2. The number of anilines is 1. The van der Waals surface area contributed by atoms with Crippen molar-refractivity contribution in [1.82, 2.24) is 5.32 Å². The Kier molecular flexibility index (Phi) is 4.85. The van der Waals surface area contributed by atoms with Gasteiger partial charge in [0.2, 0.25) is 5.91 Å². The van der Waals surface area contributed by atoms with Crippen LogP contribution in [0.1, 0.15) is 30.1 Å². The van der Waals surface area contributed by atoms with Gasteiger partial charge in [-0.25, -0.2) is 4.79 Å². The normalized spacial score (nSPS) is 21.7. The van der Waals surface area contributed by atoms with E-state index >= 15 is 0 Å². The maximum Gasteiger partial charge on any atom is 0.339 e. The topological polar surface area (TPSA) is 67.4 Å². The van der Waals surface area contributed by atoms with Gasteiger partial charge in [-0.1, -0.05) is 11.6 Å². The molecule has 1 fully saturated rings. The smallest absolute Gasteiger partial charge is 0.339 e. The number of hydrogen-bond donors (Lipinski definition) is 2. The molecule has 21 heavy (non-hydrogen) atoms. The van der Waals surface area contributed by atoms with E-state index in [9.17, 15) is 9.59 Å². The molecule has 114 valence electrons. The van der Waals surface area contributed by atoms with E-state index in [1.165, 1.54) is 7.11 Å². The molecule has 6 heteroatoms. The Labute approximate surface area is 129 Å². The molecule has 0 aromatic heterocycles. The van der Waals surface area contributed by atoms with E-state index in [1.807, 2.05) is 6.92 Å². The Morgan fingerprint density at radius 3 is 2.81 bits per heavy atom. The summed E-state index contributed by atoms with van der Waals surface area (Å²) in [5.41, 5.74) is 0.183. The lowest BCUT2D eigenvalue weighted by molar-refractivity contribution is -0.125. The van der Waals surface area contributed by atoms with Gasteiger partial charge in [-0.3, -0.25) is 4.79 Å². The maximum atomic E-state index is 12.5. The fourth-order valence-corrected chi connectivity index (χ4v) is 2.60. The van der Waals surface area contributed by atoms with E-state index < -0.39 is 11.4 Å². The third-order valence-corrected chi connectivity index (χ3v) is 4.02. The summed E-state index contributed by atoms with van der Waals surface area (Å²) in [6, 6.07) is 4.70. The predicted molar refractivity (Wildman–Crippen MR) is 81.6 cm³/mol. The van der Waals surface area contributed by atoms with Crippen LogP contribution in [-0.4, -0.2) is 32.1 Å². The Bertz CT molecular complexity index is 554. The highest BCUT2D eigenvalue weighted by molar-refractivity contribution is 6.31. The number of halogens is 1. The molecular formula is C15H19ClN2O3. The van der Waals surface area contributed by atoms with E-state index in [4.69, 9.17) is 16.3 Å². The predicted octanol–water partition coefficient (Wildman–Crippen LogP) is 2.45. The summed E-state index contributed by atoms with van der Waals surface area (Å²) in [6.07, 6.45) is 1.75. The molecule has 5 nitrogen and oxygen atoms in total. The van der Waals surface area contributed by atoms with E-state index in [2.05, 4.69) is 10.6 Å². The number of carbonyl (C=O) groups excluding carboxylic acids is 2. The highest BCUT2D eigenvalue weighted by Gasteiger charge is 2.35. The molecule has 1 atom stereocenters. The zero-order valence-corrected chi connectivity index (χ0v) is 12.9. The van der Waals surface area contributed by atoms with Crippen molar-refractivity contribution in [2.45, 2.75) is 19.8 Å². The molecule has 1 amide bonds. The molecular weight excluding hydrogens is 292 g/mol. The molecule has 1 unspecified atom stereocenters. The summed E-state index contributed by atoms with van der Waals surface area (Å²) in [6.45, 7) is 3.46. The zero-order chi connectivity index (χ0) is 15.5. The van der Waals surface area contributed by atoms with Crippen LogP contribution in [-0.2, 0) is 9.53 Å². The number of piperidine rings is 1. The maximum absolute atomic E-state index is 12.5. The molecule has 1 aromatic rings. The summed E-state index contributed by atoms with van der Waals surface area (Å²) >= 11 is 5.95. The van der Waals surface area contributed by atoms with Crippen LogP contribution in [0.5, 0.6) is 0 Å². The molecule has 0 saturated carbocycles. The van der Waals surface area contributed by atoms with Gasteiger partial charge in [0.25, 0.3) is 0 Å². The Morgan fingerprint density at radius 1 is 1.43 bits per heavy atom. The average molecular weight is 311 g/mol. The largest absolute Gasteiger partial charge is 0.465 e. The molecule has 1 aliphatic heterocycles. The molecule has 0 bridgehead atoms. The van der Waals surface area contributed by atoms with Gasteiger partial charge in [0.15, 0.2) is 0 Å². The number of nitrogens with one attached hydrogen (secondary N) is 2. The fraction of sp³-hybridized carbons (Fsp3) is 0.467. The fourth-order valence-electron chi connectivity index (χ4n) is 2.43. The molecule has 2 rings (SSSR count). The summed E-state index contributed by atoms with van der Waals surface area (Å²) < 4.78 is 4.72. The van der Waals surface area contributed by atoms with Gasteiger partial charge in [0, 0.05) is 11.6 Å². The van der Waals surface area contributed by atoms with Crippen LogP contribution in [0.3, 0.4) is 0 Å². The minimum atomic E-state index is -0.506. The first-order chi connectivity index (χ1) is 9.96. The number of amides is 1. The minimum absolute atomic E-state index is 0.123. The van der Waals surface area contributed by atoms with E-state index in [0.717, 1.165) is 19.4 Å². The van der Waals surface area contributed by atoms with Gasteiger partial charge in [0.1, 0.15) is 0 Å². The lowest BCUT2D eigenvalue weighted by Crippen LogP contribution is -2.46. The van der Waals surface area contributed by atoms with Crippen LogP contribution in [0.25, 0.3) is 0 Å². The van der Waals surface area contributed by atoms with Gasteiger partial charge in [0.05, 0.1) is 23.8 Å². The third kappa shape index (κ3) is 3.54. The summed E-state index contributed by atoms with van der Waals surface area (Å²) in [5.74, 6) is -0.629. The average Bonchev–Trinajstić information content (AvgIpc) is 2.47. The van der Waals surface area contributed by atoms with E-state index in [0.29, 0.717) is 22.8 Å². The van der Waals surface area contributed by atoms with Crippen LogP contribution >= 0.6 is 11.6 Å². The van der Waals surface area contributed by atoms with Crippen LogP contribution in [0.4, 0.5) is 5.69 Å². The minimum Gasteiger partial charge on any atom is -0.465 e. The number of rotatable bonds is 3. The molecule has 2 N–H and O–H groups in total. The van der Waals surface area contributed by atoms with Crippen molar-refractivity contribution in [3.8, 4) is 0 Å². The quantitative estimate of drug-likeness (QED) is 0.842. The van der Waals surface area contributed by atoms with E-state index in [-0.39, 0.29) is 5.91 Å². The molecule has 1 saturated heterocycles. The van der Waals surface area contributed by atoms with Crippen LogP contribution in [0, 0.1) is 5.41 Å². The van der Waals surface area contributed by atoms with Crippen molar-refractivity contribution in [3.63, 3.8) is 0 Å². The molecule has 1 heterocycles. The lowest BCUT2D eigenvalue weighted by Gasteiger charge is -2.32. The molecule has 0 spiro atoms. The van der Waals surface area contributed by atoms with Gasteiger partial charge in [-0.05, 0) is 44.5 Å². The first-order valence-corrected chi connectivity index (χ1v) is 7.24. The molecule has 1 aromatic carbocycles. The number of hydrogen-bond acceptors (Lipinski definition) is 4. The standard InChI is InChI=1S/C15H19ClN2O3/c1-15(6-3-7-17-9-15)14(20)18-12-8-10(16)4-5-11(12)13(19)21-2/h4-5,8,17H,3,6-7,9H2,1-2H3,(H,18,20). The summed E-state index contributed by atoms with van der Waals surface area (Å²) in [4.78, 5) is 24.3. The first-order valence-electron chi connectivity index (χ1n) is 6.86. The SMILES string of the molecule is COC(=O)c1ccc(Cl)cc1NC(=O)C1(C)CCCNC1. The van der Waals surface area contributed by atoms with Gasteiger partial charge >= 0.3 is 5.97 Å². The summed E-state index contributed by atoms with van der Waals surface area (Å²) in [7, 11) is 1.30. The van der Waals surface area contributed by atoms with Crippen molar-refractivity contribution in [2.24, 2.45) is 5.41 Å². The van der Waals surface area contributed by atoms with Gasteiger partial charge in [-0.15, -0.1) is 0 Å². The van der Waals surface area contributed by atoms with E-state index in [1.54, 1.807) is 18.2 Å². The van der Waals surface area contributed by atoms with Crippen molar-refractivity contribution in [2.75, 3.05) is 25.5 Å². The summed E-state index contributed by atoms with van der Waals surface area (Å²) in [5, 5.41) is 6.48. The molecule has 0 radical (unpaired) electrons. The Hall–Kier alpha value is -1.59. The second-order valence-electron chi connectivity index (χ2n) is 5.48. The highest BCUT2D eigenvalue weighted by Crippen LogP contribution is 2.29. The van der Waals surface area contributed by atoms with Crippen molar-refractivity contribution in [1.29, 1.82) is 0 Å². The Morgan fingerprint density at radius 2 is 2.19 bits per heavy atom. The van der Waals surface area contributed by atoms with Crippen LogP contribution in [0.2, 0.25) is 5.02 Å². The van der Waals surface area contributed by atoms with Gasteiger partial charge < -0.3 is 15.4 Å². The number of methoxy groups -OCH3 is 1. The monoisotopic (exact) mass is 310 g/mol. The number of carbonyl (C=O) groups is 2. The Balaban J connectivity index is 2.24. The number of esters is 1.